The van der Waals surface area contributed by atoms with Crippen LogP contribution in [0.15, 0.2) is 35.5 Å². The van der Waals surface area contributed by atoms with Crippen molar-refractivity contribution in [2.75, 3.05) is 11.5 Å². The number of nitrogen functional groups attached to an aromatic ring is 1. The molecular weight excluding hydrogens is 246 g/mol. The van der Waals surface area contributed by atoms with E-state index in [1.807, 2.05) is 38.4 Å². The minimum atomic E-state index is -1.06. The molecule has 1 heterocycles. The van der Waals surface area contributed by atoms with E-state index in [9.17, 15) is 4.21 Å². The molecule has 2 rings (SSSR count). The second-order valence-corrected chi connectivity index (χ2v) is 5.85. The quantitative estimate of drug-likeness (QED) is 0.853. The van der Waals surface area contributed by atoms with Gasteiger partial charge in [-0.1, -0.05) is 12.1 Å². The van der Waals surface area contributed by atoms with Crippen molar-refractivity contribution < 1.29 is 4.21 Å². The van der Waals surface area contributed by atoms with Gasteiger partial charge in [-0.3, -0.25) is 8.89 Å². The monoisotopic (exact) mass is 263 g/mol. The molecule has 4 nitrogen and oxygen atoms in total. The van der Waals surface area contributed by atoms with Crippen molar-refractivity contribution in [3.05, 3.63) is 41.7 Å². The molecule has 2 aromatic rings. The Labute approximate surface area is 109 Å². The second-order valence-electron chi connectivity index (χ2n) is 4.31. The average molecular weight is 263 g/mol. The van der Waals surface area contributed by atoms with E-state index < -0.39 is 10.8 Å². The van der Waals surface area contributed by atoms with Crippen molar-refractivity contribution in [2.24, 2.45) is 7.05 Å². The molecule has 0 radical (unpaired) electrons. The van der Waals surface area contributed by atoms with Gasteiger partial charge in [0, 0.05) is 19.0 Å². The molecule has 0 aliphatic heterocycles. The Morgan fingerprint density at radius 1 is 1.44 bits per heavy atom. The van der Waals surface area contributed by atoms with Gasteiger partial charge < -0.3 is 5.73 Å². The van der Waals surface area contributed by atoms with Crippen LogP contribution in [-0.4, -0.2) is 19.7 Å². The van der Waals surface area contributed by atoms with E-state index in [0.717, 1.165) is 22.4 Å². The summed E-state index contributed by atoms with van der Waals surface area (Å²) < 4.78 is 14.0. The number of para-hydroxylation sites is 1. The first-order valence-electron chi connectivity index (χ1n) is 5.79. The third-order valence-electron chi connectivity index (χ3n) is 2.86. The standard InChI is InChI=1S/C13H17N3OS/c1-10-4-3-5-12(13(10)14)18(17)7-6-11-8-15-16(2)9-11/h3-5,8-9H,6-7,14H2,1-2H3. The molecule has 2 N–H and O–H groups in total. The minimum absolute atomic E-state index is 0.569. The van der Waals surface area contributed by atoms with E-state index in [4.69, 9.17) is 5.73 Å². The second kappa shape index (κ2) is 5.35. The van der Waals surface area contributed by atoms with Gasteiger partial charge in [-0.25, -0.2) is 0 Å². The number of hydrogen-bond acceptors (Lipinski definition) is 3. The van der Waals surface area contributed by atoms with Crippen LogP contribution in [0.2, 0.25) is 0 Å². The summed E-state index contributed by atoms with van der Waals surface area (Å²) in [5, 5.41) is 4.09. The highest BCUT2D eigenvalue weighted by molar-refractivity contribution is 7.85. The largest absolute Gasteiger partial charge is 0.398 e. The van der Waals surface area contributed by atoms with Gasteiger partial charge in [0.2, 0.25) is 0 Å². The van der Waals surface area contributed by atoms with Crippen LogP contribution in [0.1, 0.15) is 11.1 Å². The number of nitrogens with two attached hydrogens (primary N) is 1. The van der Waals surface area contributed by atoms with Gasteiger partial charge in [-0.15, -0.1) is 0 Å². The molecule has 1 unspecified atom stereocenters. The lowest BCUT2D eigenvalue weighted by molar-refractivity contribution is 0.682. The molecule has 5 heteroatoms. The zero-order valence-corrected chi connectivity index (χ0v) is 11.4. The Kier molecular flexibility index (Phi) is 3.81. The van der Waals surface area contributed by atoms with Crippen LogP contribution < -0.4 is 5.73 Å². The maximum Gasteiger partial charge on any atom is 0.0620 e. The Bertz CT molecular complexity index is 577. The molecule has 0 saturated heterocycles. The SMILES string of the molecule is Cc1cccc(S(=O)CCc2cnn(C)c2)c1N. The molecule has 0 aliphatic carbocycles. The highest BCUT2D eigenvalue weighted by Gasteiger charge is 2.09. The molecule has 0 bridgehead atoms. The molecule has 0 saturated carbocycles. The van der Waals surface area contributed by atoms with Gasteiger partial charge in [0.05, 0.1) is 27.6 Å². The highest BCUT2D eigenvalue weighted by Crippen LogP contribution is 2.20. The maximum atomic E-state index is 12.2. The van der Waals surface area contributed by atoms with Crippen molar-refractivity contribution >= 4 is 16.5 Å². The van der Waals surface area contributed by atoms with E-state index in [-0.39, 0.29) is 0 Å². The highest BCUT2D eigenvalue weighted by atomic mass is 32.2. The van der Waals surface area contributed by atoms with Crippen LogP contribution >= 0.6 is 0 Å². The Balaban J connectivity index is 2.06. The van der Waals surface area contributed by atoms with Gasteiger partial charge in [-0.05, 0) is 30.5 Å². The van der Waals surface area contributed by atoms with Crippen molar-refractivity contribution in [1.82, 2.24) is 9.78 Å². The zero-order chi connectivity index (χ0) is 13.1. The first-order valence-corrected chi connectivity index (χ1v) is 7.11. The summed E-state index contributed by atoms with van der Waals surface area (Å²) in [7, 11) is 0.815. The van der Waals surface area contributed by atoms with Crippen LogP contribution in [0.3, 0.4) is 0 Å². The fourth-order valence-electron chi connectivity index (χ4n) is 1.77. The summed E-state index contributed by atoms with van der Waals surface area (Å²) in [5.74, 6) is 0.569. The summed E-state index contributed by atoms with van der Waals surface area (Å²) in [4.78, 5) is 0.735. The van der Waals surface area contributed by atoms with Gasteiger partial charge >= 0.3 is 0 Å². The summed E-state index contributed by atoms with van der Waals surface area (Å²) in [6.07, 6.45) is 4.49. The predicted octanol–water partition coefficient (Wildman–Crippen LogP) is 1.66. The number of benzene rings is 1. The summed E-state index contributed by atoms with van der Waals surface area (Å²) in [6.45, 7) is 1.93. The molecule has 0 aliphatic rings. The third kappa shape index (κ3) is 2.79. The van der Waals surface area contributed by atoms with Crippen LogP contribution in [0.5, 0.6) is 0 Å². The first-order chi connectivity index (χ1) is 8.58. The van der Waals surface area contributed by atoms with Crippen molar-refractivity contribution in [3.63, 3.8) is 0 Å². The van der Waals surface area contributed by atoms with Crippen LogP contribution in [-0.2, 0) is 24.3 Å². The third-order valence-corrected chi connectivity index (χ3v) is 4.29. The van der Waals surface area contributed by atoms with Crippen molar-refractivity contribution in [3.8, 4) is 0 Å². The topological polar surface area (TPSA) is 60.9 Å². The van der Waals surface area contributed by atoms with Crippen LogP contribution in [0.4, 0.5) is 5.69 Å². The molecule has 1 aromatic carbocycles. The Hall–Kier alpha value is -1.62. The fraction of sp³-hybridized carbons (Fsp3) is 0.308. The number of hydrogen-bond donors (Lipinski definition) is 1. The maximum absolute atomic E-state index is 12.2. The molecule has 0 fully saturated rings. The molecule has 18 heavy (non-hydrogen) atoms. The molecule has 96 valence electrons. The van der Waals surface area contributed by atoms with Gasteiger partial charge in [0.25, 0.3) is 0 Å². The summed E-state index contributed by atoms with van der Waals surface area (Å²) in [5.41, 5.74) is 8.66. The summed E-state index contributed by atoms with van der Waals surface area (Å²) in [6, 6.07) is 5.65. The molecule has 0 spiro atoms. The van der Waals surface area contributed by atoms with Gasteiger partial charge in [0.1, 0.15) is 0 Å². The number of aromatic nitrogens is 2. The Morgan fingerprint density at radius 3 is 2.89 bits per heavy atom. The van der Waals surface area contributed by atoms with E-state index in [0.29, 0.717) is 11.4 Å². The van der Waals surface area contributed by atoms with Gasteiger partial charge in [-0.2, -0.15) is 5.10 Å². The molecule has 1 atom stereocenters. The molecular formula is C13H17N3OS. The average Bonchev–Trinajstić information content (AvgIpc) is 2.76. The lowest BCUT2D eigenvalue weighted by atomic mass is 10.2. The number of rotatable bonds is 4. The minimum Gasteiger partial charge on any atom is -0.398 e. The first kappa shape index (κ1) is 12.8. The van der Waals surface area contributed by atoms with E-state index in [1.165, 1.54) is 0 Å². The van der Waals surface area contributed by atoms with E-state index in [2.05, 4.69) is 5.10 Å². The normalized spacial score (nSPS) is 12.6. The smallest absolute Gasteiger partial charge is 0.0620 e. The number of aryl methyl sites for hydroxylation is 3. The van der Waals surface area contributed by atoms with Crippen molar-refractivity contribution in [1.29, 1.82) is 0 Å². The Morgan fingerprint density at radius 2 is 2.22 bits per heavy atom. The summed E-state index contributed by atoms with van der Waals surface area (Å²) >= 11 is 0. The number of nitrogens with zero attached hydrogens (tertiary/aromatic N) is 2. The zero-order valence-electron chi connectivity index (χ0n) is 10.6. The predicted molar refractivity (Wildman–Crippen MR) is 73.8 cm³/mol. The van der Waals surface area contributed by atoms with Crippen LogP contribution in [0, 0.1) is 6.92 Å². The van der Waals surface area contributed by atoms with E-state index in [1.54, 1.807) is 10.9 Å². The number of anilines is 1. The van der Waals surface area contributed by atoms with E-state index >= 15 is 0 Å². The van der Waals surface area contributed by atoms with Crippen molar-refractivity contribution in [2.45, 2.75) is 18.2 Å². The lowest BCUT2D eigenvalue weighted by Crippen LogP contribution is -2.05. The molecule has 0 amide bonds. The van der Waals surface area contributed by atoms with Crippen LogP contribution in [0.25, 0.3) is 0 Å². The lowest BCUT2D eigenvalue weighted by Gasteiger charge is -2.07. The van der Waals surface area contributed by atoms with Gasteiger partial charge in [0.15, 0.2) is 0 Å². The molecule has 1 aromatic heterocycles. The fourth-order valence-corrected chi connectivity index (χ4v) is 3.05.